The van der Waals surface area contributed by atoms with Crippen molar-refractivity contribution in [2.75, 3.05) is 18.8 Å². The third kappa shape index (κ3) is 1.99. The van der Waals surface area contributed by atoms with E-state index in [1.807, 2.05) is 21.7 Å². The summed E-state index contributed by atoms with van der Waals surface area (Å²) in [6.45, 7) is 1.17. The number of hydrogen-bond acceptors (Lipinski definition) is 4. The van der Waals surface area contributed by atoms with Gasteiger partial charge in [0.05, 0.1) is 6.54 Å². The van der Waals surface area contributed by atoms with Crippen molar-refractivity contribution in [1.82, 2.24) is 4.90 Å². The van der Waals surface area contributed by atoms with E-state index in [-0.39, 0.29) is 5.78 Å². The van der Waals surface area contributed by atoms with Crippen LogP contribution in [0, 0.1) is 5.41 Å². The van der Waals surface area contributed by atoms with Gasteiger partial charge in [-0.25, -0.2) is 0 Å². The fraction of sp³-hybridized carbons (Fsp3) is 0.333. The molecule has 0 spiro atoms. The average molecular weight is 226 g/mol. The molecule has 0 aromatic carbocycles. The van der Waals surface area contributed by atoms with Crippen LogP contribution in [0.4, 0.5) is 0 Å². The summed E-state index contributed by atoms with van der Waals surface area (Å²) in [7, 11) is 0. The second kappa shape index (κ2) is 4.14. The van der Waals surface area contributed by atoms with E-state index < -0.39 is 0 Å². The molecule has 0 amide bonds. The molecule has 0 radical (unpaired) electrons. The fourth-order valence-corrected chi connectivity index (χ4v) is 2.79. The molecule has 2 heterocycles. The zero-order chi connectivity index (χ0) is 9.97. The van der Waals surface area contributed by atoms with Crippen LogP contribution in [0.1, 0.15) is 10.4 Å². The van der Waals surface area contributed by atoms with E-state index >= 15 is 0 Å². The van der Waals surface area contributed by atoms with Gasteiger partial charge in [-0.15, -0.1) is 0 Å². The first-order valence-electron chi connectivity index (χ1n) is 4.29. The first-order chi connectivity index (χ1) is 6.77. The monoisotopic (exact) mass is 226 g/mol. The summed E-state index contributed by atoms with van der Waals surface area (Å²) < 4.78 is 0. The number of thioether (sulfide) groups is 1. The van der Waals surface area contributed by atoms with Gasteiger partial charge in [-0.3, -0.25) is 10.2 Å². The standard InChI is InChI=1S/C9H10N2OS2/c10-9-11(2-4-14-9)5-8(12)7-1-3-13-6-7/h1,3,6,10H,2,4-5H2. The molecular formula is C9H10N2OS2. The largest absolute Gasteiger partial charge is 0.343 e. The number of carbonyl (C=O) groups excluding carboxylic acids is 1. The summed E-state index contributed by atoms with van der Waals surface area (Å²) in [4.78, 5) is 13.5. The molecule has 1 fully saturated rings. The molecule has 1 aromatic rings. The van der Waals surface area contributed by atoms with E-state index in [0.29, 0.717) is 11.7 Å². The van der Waals surface area contributed by atoms with Gasteiger partial charge in [0.25, 0.3) is 0 Å². The van der Waals surface area contributed by atoms with Gasteiger partial charge in [0, 0.05) is 23.2 Å². The SMILES string of the molecule is N=C1SCCN1CC(=O)c1ccsc1. The summed E-state index contributed by atoms with van der Waals surface area (Å²) in [6, 6.07) is 1.83. The predicted molar refractivity (Wildman–Crippen MR) is 60.4 cm³/mol. The van der Waals surface area contributed by atoms with E-state index in [4.69, 9.17) is 5.41 Å². The van der Waals surface area contributed by atoms with Crippen molar-refractivity contribution in [2.45, 2.75) is 0 Å². The lowest BCUT2D eigenvalue weighted by Crippen LogP contribution is -2.29. The molecule has 0 aliphatic carbocycles. The summed E-state index contributed by atoms with van der Waals surface area (Å²) >= 11 is 3.03. The third-order valence-electron chi connectivity index (χ3n) is 2.06. The van der Waals surface area contributed by atoms with E-state index in [1.165, 1.54) is 23.1 Å². The predicted octanol–water partition coefficient (Wildman–Crippen LogP) is 1.91. The Morgan fingerprint density at radius 1 is 1.64 bits per heavy atom. The zero-order valence-electron chi connectivity index (χ0n) is 7.53. The maximum Gasteiger partial charge on any atom is 0.182 e. The first kappa shape index (κ1) is 9.73. The van der Waals surface area contributed by atoms with Crippen molar-refractivity contribution in [3.63, 3.8) is 0 Å². The molecule has 1 N–H and O–H groups in total. The van der Waals surface area contributed by atoms with Crippen LogP contribution in [0.3, 0.4) is 0 Å². The van der Waals surface area contributed by atoms with Crippen molar-refractivity contribution in [2.24, 2.45) is 0 Å². The topological polar surface area (TPSA) is 44.2 Å². The van der Waals surface area contributed by atoms with Gasteiger partial charge in [-0.2, -0.15) is 11.3 Å². The second-order valence-electron chi connectivity index (χ2n) is 3.01. The zero-order valence-corrected chi connectivity index (χ0v) is 9.16. The molecule has 5 heteroatoms. The van der Waals surface area contributed by atoms with Crippen LogP contribution in [0.15, 0.2) is 16.8 Å². The Morgan fingerprint density at radius 3 is 3.07 bits per heavy atom. The van der Waals surface area contributed by atoms with Gasteiger partial charge in [-0.05, 0) is 11.4 Å². The van der Waals surface area contributed by atoms with E-state index in [0.717, 1.165) is 17.9 Å². The number of nitrogens with zero attached hydrogens (tertiary/aromatic N) is 1. The summed E-state index contributed by atoms with van der Waals surface area (Å²) in [6.07, 6.45) is 0. The second-order valence-corrected chi connectivity index (χ2v) is 4.87. The highest BCUT2D eigenvalue weighted by Crippen LogP contribution is 2.17. The molecule has 14 heavy (non-hydrogen) atoms. The quantitative estimate of drug-likeness (QED) is 0.801. The van der Waals surface area contributed by atoms with Crippen molar-refractivity contribution in [1.29, 1.82) is 5.41 Å². The van der Waals surface area contributed by atoms with Crippen molar-refractivity contribution in [3.8, 4) is 0 Å². The Bertz CT molecular complexity index is 348. The number of carbonyl (C=O) groups is 1. The van der Waals surface area contributed by atoms with Crippen LogP contribution in [0.5, 0.6) is 0 Å². The highest BCUT2D eigenvalue weighted by Gasteiger charge is 2.20. The minimum absolute atomic E-state index is 0.110. The van der Waals surface area contributed by atoms with Crippen molar-refractivity contribution >= 4 is 34.0 Å². The first-order valence-corrected chi connectivity index (χ1v) is 6.22. The summed E-state index contributed by atoms with van der Waals surface area (Å²) in [5.74, 6) is 1.04. The molecule has 1 aliphatic heterocycles. The van der Waals surface area contributed by atoms with Gasteiger partial charge in [0.1, 0.15) is 0 Å². The van der Waals surface area contributed by atoms with E-state index in [2.05, 4.69) is 0 Å². The Labute approximate surface area is 90.6 Å². The molecule has 1 saturated heterocycles. The van der Waals surface area contributed by atoms with Crippen LogP contribution in [0.2, 0.25) is 0 Å². The molecule has 1 aliphatic rings. The number of ketones is 1. The number of hydrogen-bond donors (Lipinski definition) is 1. The maximum absolute atomic E-state index is 11.7. The van der Waals surface area contributed by atoms with E-state index in [9.17, 15) is 4.79 Å². The minimum Gasteiger partial charge on any atom is -0.343 e. The van der Waals surface area contributed by atoms with Crippen LogP contribution < -0.4 is 0 Å². The summed E-state index contributed by atoms with van der Waals surface area (Å²) in [5.41, 5.74) is 0.764. The van der Waals surface area contributed by atoms with Gasteiger partial charge in [0.15, 0.2) is 11.0 Å². The van der Waals surface area contributed by atoms with Crippen LogP contribution in [-0.4, -0.2) is 34.7 Å². The van der Waals surface area contributed by atoms with Crippen molar-refractivity contribution in [3.05, 3.63) is 22.4 Å². The highest BCUT2D eigenvalue weighted by molar-refractivity contribution is 8.14. The normalized spacial score (nSPS) is 16.3. The lowest BCUT2D eigenvalue weighted by molar-refractivity contribution is 0.0967. The van der Waals surface area contributed by atoms with Gasteiger partial charge >= 0.3 is 0 Å². The van der Waals surface area contributed by atoms with Crippen LogP contribution in [0.25, 0.3) is 0 Å². The number of rotatable bonds is 3. The van der Waals surface area contributed by atoms with Gasteiger partial charge in [-0.1, -0.05) is 11.8 Å². The molecule has 0 bridgehead atoms. The molecule has 1 aromatic heterocycles. The van der Waals surface area contributed by atoms with E-state index in [1.54, 1.807) is 0 Å². The van der Waals surface area contributed by atoms with Gasteiger partial charge in [0.2, 0.25) is 0 Å². The third-order valence-corrected chi connectivity index (χ3v) is 3.67. The molecule has 0 atom stereocenters. The fourth-order valence-electron chi connectivity index (χ4n) is 1.28. The van der Waals surface area contributed by atoms with Crippen LogP contribution in [-0.2, 0) is 0 Å². The molecular weight excluding hydrogens is 216 g/mol. The number of nitrogens with one attached hydrogen (secondary N) is 1. The Kier molecular flexibility index (Phi) is 2.88. The lowest BCUT2D eigenvalue weighted by atomic mass is 10.2. The Morgan fingerprint density at radius 2 is 2.50 bits per heavy atom. The Balaban J connectivity index is 1.98. The number of amidine groups is 1. The molecule has 74 valence electrons. The molecule has 3 nitrogen and oxygen atoms in total. The highest BCUT2D eigenvalue weighted by atomic mass is 32.2. The Hall–Kier alpha value is -0.810. The lowest BCUT2D eigenvalue weighted by Gasteiger charge is -2.14. The minimum atomic E-state index is 0.110. The molecule has 0 unspecified atom stereocenters. The maximum atomic E-state index is 11.7. The average Bonchev–Trinajstić information content (AvgIpc) is 2.77. The summed E-state index contributed by atoms with van der Waals surface area (Å²) in [5, 5.41) is 11.8. The smallest absolute Gasteiger partial charge is 0.182 e. The molecule has 2 rings (SSSR count). The number of thiophene rings is 1. The number of Topliss-reactive ketones (excluding diaryl/α,β-unsaturated/α-hetero) is 1. The van der Waals surface area contributed by atoms with Crippen LogP contribution >= 0.6 is 23.1 Å². The van der Waals surface area contributed by atoms with Gasteiger partial charge < -0.3 is 4.90 Å². The molecule has 0 saturated carbocycles. The van der Waals surface area contributed by atoms with Crippen molar-refractivity contribution < 1.29 is 4.79 Å².